The first kappa shape index (κ1) is 14.7. The number of pyridine rings is 1. The predicted octanol–water partition coefficient (Wildman–Crippen LogP) is 2.30. The van der Waals surface area contributed by atoms with Crippen LogP contribution in [0.25, 0.3) is 0 Å². The molecule has 2 rings (SSSR count). The highest BCUT2D eigenvalue weighted by Crippen LogP contribution is 2.22. The quantitative estimate of drug-likeness (QED) is 0.808. The van der Waals surface area contributed by atoms with E-state index in [2.05, 4.69) is 4.98 Å². The highest BCUT2D eigenvalue weighted by Gasteiger charge is 2.19. The molecule has 0 saturated heterocycles. The Morgan fingerprint density at radius 3 is 2.62 bits per heavy atom. The van der Waals surface area contributed by atoms with Crippen LogP contribution in [-0.4, -0.2) is 30.8 Å². The van der Waals surface area contributed by atoms with E-state index in [9.17, 15) is 9.59 Å². The van der Waals surface area contributed by atoms with Crippen molar-refractivity contribution in [2.45, 2.75) is 6.92 Å². The molecular formula is C16H16N2O3. The molecule has 0 bridgehead atoms. The number of amides is 1. The summed E-state index contributed by atoms with van der Waals surface area (Å²) in [4.78, 5) is 29.6. The molecule has 1 aromatic heterocycles. The maximum atomic E-state index is 12.6. The van der Waals surface area contributed by atoms with E-state index in [1.165, 1.54) is 11.8 Å². The normalized spacial score (nSPS) is 10.0. The van der Waals surface area contributed by atoms with Gasteiger partial charge in [0.15, 0.2) is 5.78 Å². The molecule has 0 aliphatic rings. The smallest absolute Gasteiger partial charge is 0.224 e. The van der Waals surface area contributed by atoms with Crippen LogP contribution in [0.5, 0.6) is 5.75 Å². The van der Waals surface area contributed by atoms with Gasteiger partial charge in [0.2, 0.25) is 5.91 Å². The van der Waals surface area contributed by atoms with Gasteiger partial charge >= 0.3 is 0 Å². The molecule has 0 atom stereocenters. The van der Waals surface area contributed by atoms with Gasteiger partial charge in [-0.15, -0.1) is 0 Å². The van der Waals surface area contributed by atoms with E-state index >= 15 is 0 Å². The number of aromatic nitrogens is 1. The third-order valence-electron chi connectivity index (χ3n) is 3.15. The first-order valence-electron chi connectivity index (χ1n) is 6.42. The van der Waals surface area contributed by atoms with E-state index in [0.29, 0.717) is 22.7 Å². The number of ketones is 1. The Morgan fingerprint density at radius 1 is 1.19 bits per heavy atom. The molecule has 5 nitrogen and oxygen atoms in total. The average Bonchev–Trinajstić information content (AvgIpc) is 2.53. The summed E-state index contributed by atoms with van der Waals surface area (Å²) >= 11 is 0. The lowest BCUT2D eigenvalue weighted by Crippen LogP contribution is -2.26. The Morgan fingerprint density at radius 2 is 1.95 bits per heavy atom. The molecule has 1 heterocycles. The van der Waals surface area contributed by atoms with Crippen LogP contribution in [0.4, 0.5) is 5.82 Å². The maximum Gasteiger partial charge on any atom is 0.224 e. The molecule has 0 radical (unpaired) electrons. The van der Waals surface area contributed by atoms with Crippen LogP contribution in [0.3, 0.4) is 0 Å². The Bertz CT molecular complexity index is 683. The van der Waals surface area contributed by atoms with E-state index in [1.807, 2.05) is 0 Å². The number of nitrogens with zero attached hydrogens (tertiary/aromatic N) is 2. The second-order valence-electron chi connectivity index (χ2n) is 4.51. The van der Waals surface area contributed by atoms with Gasteiger partial charge in [-0.05, 0) is 24.3 Å². The number of methoxy groups -OCH3 is 1. The summed E-state index contributed by atoms with van der Waals surface area (Å²) in [6.45, 7) is 1.43. The number of ether oxygens (including phenoxy) is 1. The van der Waals surface area contributed by atoms with Gasteiger partial charge in [0.25, 0.3) is 0 Å². The molecule has 0 aliphatic carbocycles. The number of hydrogen-bond donors (Lipinski definition) is 0. The van der Waals surface area contributed by atoms with Crippen molar-refractivity contribution in [2.24, 2.45) is 0 Å². The monoisotopic (exact) mass is 284 g/mol. The van der Waals surface area contributed by atoms with Crippen molar-refractivity contribution >= 4 is 17.5 Å². The highest BCUT2D eigenvalue weighted by atomic mass is 16.5. The lowest BCUT2D eigenvalue weighted by atomic mass is 10.0. The summed E-state index contributed by atoms with van der Waals surface area (Å²) < 4.78 is 5.12. The van der Waals surface area contributed by atoms with Crippen LogP contribution in [0.2, 0.25) is 0 Å². The Kier molecular flexibility index (Phi) is 4.33. The molecule has 1 aromatic carbocycles. The lowest BCUT2D eigenvalue weighted by molar-refractivity contribution is -0.116. The first-order valence-corrected chi connectivity index (χ1v) is 6.42. The molecule has 1 amide bonds. The van der Waals surface area contributed by atoms with Gasteiger partial charge in [-0.2, -0.15) is 0 Å². The summed E-state index contributed by atoms with van der Waals surface area (Å²) in [5.74, 6) is 0.558. The number of rotatable bonds is 4. The minimum Gasteiger partial charge on any atom is -0.497 e. The summed E-state index contributed by atoms with van der Waals surface area (Å²) in [6.07, 6.45) is 1.55. The van der Waals surface area contributed by atoms with Crippen LogP contribution < -0.4 is 9.64 Å². The minimum absolute atomic E-state index is 0.187. The van der Waals surface area contributed by atoms with E-state index in [0.717, 1.165) is 0 Å². The van der Waals surface area contributed by atoms with Gasteiger partial charge in [0, 0.05) is 25.7 Å². The van der Waals surface area contributed by atoms with E-state index < -0.39 is 0 Å². The van der Waals surface area contributed by atoms with Crippen LogP contribution in [0.1, 0.15) is 22.8 Å². The fourth-order valence-electron chi connectivity index (χ4n) is 1.91. The third-order valence-corrected chi connectivity index (χ3v) is 3.15. The largest absolute Gasteiger partial charge is 0.497 e. The van der Waals surface area contributed by atoms with Crippen LogP contribution in [0.15, 0.2) is 42.6 Å². The van der Waals surface area contributed by atoms with Crippen molar-refractivity contribution in [3.63, 3.8) is 0 Å². The summed E-state index contributed by atoms with van der Waals surface area (Å²) in [7, 11) is 3.13. The van der Waals surface area contributed by atoms with Crippen LogP contribution in [0, 0.1) is 0 Å². The predicted molar refractivity (Wildman–Crippen MR) is 79.7 cm³/mol. The number of carbonyl (C=O) groups is 2. The molecule has 5 heteroatoms. The summed E-state index contributed by atoms with van der Waals surface area (Å²) in [5.41, 5.74) is 0.865. The van der Waals surface area contributed by atoms with Gasteiger partial charge in [0.05, 0.1) is 12.7 Å². The summed E-state index contributed by atoms with van der Waals surface area (Å²) in [5, 5.41) is 0. The standard InChI is InChI=1S/C16H16N2O3/c1-11(19)18(2)16-14(8-5-9-17-16)15(20)12-6-4-7-13(10-12)21-3/h4-10H,1-3H3. The molecule has 0 aliphatic heterocycles. The molecular weight excluding hydrogens is 268 g/mol. The molecule has 0 N–H and O–H groups in total. The summed E-state index contributed by atoms with van der Waals surface area (Å²) in [6, 6.07) is 10.2. The minimum atomic E-state index is -0.204. The highest BCUT2D eigenvalue weighted by molar-refractivity contribution is 6.13. The maximum absolute atomic E-state index is 12.6. The van der Waals surface area contributed by atoms with E-state index in [-0.39, 0.29) is 11.7 Å². The number of carbonyl (C=O) groups excluding carboxylic acids is 2. The first-order chi connectivity index (χ1) is 10.0. The number of hydrogen-bond acceptors (Lipinski definition) is 4. The van der Waals surface area contributed by atoms with Crippen molar-refractivity contribution in [1.29, 1.82) is 0 Å². The number of benzene rings is 1. The molecule has 0 spiro atoms. The Balaban J connectivity index is 2.46. The second-order valence-corrected chi connectivity index (χ2v) is 4.51. The number of anilines is 1. The van der Waals surface area contributed by atoms with Gasteiger partial charge < -0.3 is 4.74 Å². The molecule has 0 fully saturated rings. The van der Waals surface area contributed by atoms with Crippen LogP contribution >= 0.6 is 0 Å². The topological polar surface area (TPSA) is 59.5 Å². The SMILES string of the molecule is COc1cccc(C(=O)c2cccnc2N(C)C(C)=O)c1. The molecule has 108 valence electrons. The third kappa shape index (κ3) is 3.08. The van der Waals surface area contributed by atoms with Crippen molar-refractivity contribution in [2.75, 3.05) is 19.1 Å². The fourth-order valence-corrected chi connectivity index (χ4v) is 1.91. The molecule has 0 unspecified atom stereocenters. The van der Waals surface area contributed by atoms with Crippen molar-refractivity contribution in [3.8, 4) is 5.75 Å². The Labute approximate surface area is 123 Å². The fraction of sp³-hybridized carbons (Fsp3) is 0.188. The van der Waals surface area contributed by atoms with Gasteiger partial charge in [-0.25, -0.2) is 4.98 Å². The molecule has 0 saturated carbocycles. The van der Waals surface area contributed by atoms with Gasteiger partial charge in [-0.3, -0.25) is 14.5 Å². The van der Waals surface area contributed by atoms with Crippen molar-refractivity contribution < 1.29 is 14.3 Å². The second kappa shape index (κ2) is 6.17. The zero-order chi connectivity index (χ0) is 15.4. The van der Waals surface area contributed by atoms with Gasteiger partial charge in [-0.1, -0.05) is 12.1 Å². The van der Waals surface area contributed by atoms with E-state index in [4.69, 9.17) is 4.74 Å². The Hall–Kier alpha value is -2.69. The van der Waals surface area contributed by atoms with Crippen molar-refractivity contribution in [1.82, 2.24) is 4.98 Å². The van der Waals surface area contributed by atoms with E-state index in [1.54, 1.807) is 56.8 Å². The zero-order valence-corrected chi connectivity index (χ0v) is 12.2. The van der Waals surface area contributed by atoms with Crippen LogP contribution in [-0.2, 0) is 4.79 Å². The van der Waals surface area contributed by atoms with Gasteiger partial charge in [0.1, 0.15) is 11.6 Å². The molecule has 21 heavy (non-hydrogen) atoms. The lowest BCUT2D eigenvalue weighted by Gasteiger charge is -2.17. The molecule has 2 aromatic rings. The average molecular weight is 284 g/mol. The van der Waals surface area contributed by atoms with Crippen molar-refractivity contribution in [3.05, 3.63) is 53.7 Å². The zero-order valence-electron chi connectivity index (χ0n) is 12.2.